The lowest BCUT2D eigenvalue weighted by atomic mass is 10.6. The number of nitro groups is 2. The first kappa shape index (κ1) is 36.4. The van der Waals surface area contributed by atoms with E-state index < -0.39 is 9.85 Å². The molecule has 0 N–H and O–H groups in total. The van der Waals surface area contributed by atoms with Gasteiger partial charge in [0.1, 0.15) is 0 Å². The van der Waals surface area contributed by atoms with Crippen molar-refractivity contribution < 1.29 is 9.85 Å². The molecule has 0 bridgehead atoms. The van der Waals surface area contributed by atoms with Gasteiger partial charge in [0.15, 0.2) is 14.1 Å². The summed E-state index contributed by atoms with van der Waals surface area (Å²) in [6.07, 6.45) is 2.50. The second kappa shape index (κ2) is 48.9. The van der Waals surface area contributed by atoms with Crippen molar-refractivity contribution in [2.45, 2.75) is 55.4 Å². The van der Waals surface area contributed by atoms with Crippen molar-refractivity contribution in [1.29, 1.82) is 0 Å². The lowest BCUT2D eigenvalue weighted by Gasteiger charge is -1.63. The molecule has 0 aliphatic heterocycles. The molecule has 0 amide bonds. The lowest BCUT2D eigenvalue weighted by Crippen LogP contribution is -1.79. The number of rotatable bonds is 0. The zero-order chi connectivity index (χ0) is 12.6. The van der Waals surface area contributed by atoms with Crippen molar-refractivity contribution in [3.05, 3.63) is 20.2 Å². The summed E-state index contributed by atoms with van der Waals surface area (Å²) in [6.45, 7) is 8.50. The molecule has 0 saturated heterocycles. The van der Waals surface area contributed by atoms with Crippen LogP contribution in [0.4, 0.5) is 0 Å². The molecule has 104 valence electrons. The van der Waals surface area contributed by atoms with Crippen LogP contribution < -0.4 is 0 Å². The summed E-state index contributed by atoms with van der Waals surface area (Å²) in [5.41, 5.74) is 0. The second-order valence-electron chi connectivity index (χ2n) is 2.29. The largest absolute Gasteiger partial charge is 0.265 e. The van der Waals surface area contributed by atoms with Crippen LogP contribution in [0.3, 0.4) is 0 Å². The molecule has 0 aliphatic carbocycles. The molecular weight excluding hydrogens is 212 g/mol. The fourth-order valence-corrected chi connectivity index (χ4v) is 0. The molecule has 0 heterocycles. The molecule has 0 radical (unpaired) electrons. The van der Waals surface area contributed by atoms with Crippen molar-refractivity contribution >= 4 is 0 Å². The molecule has 0 aromatic carbocycles. The maximum absolute atomic E-state index is 8.81. The number of nitrogens with zero attached hydrogens (tertiary/aromatic N) is 2. The molecule has 0 aromatic rings. The van der Waals surface area contributed by atoms with Crippen LogP contribution in [0, 0.1) is 20.2 Å². The van der Waals surface area contributed by atoms with Crippen LogP contribution in [0.15, 0.2) is 0 Å². The van der Waals surface area contributed by atoms with Crippen molar-refractivity contribution in [3.8, 4) is 0 Å². The van der Waals surface area contributed by atoms with E-state index >= 15 is 0 Å². The van der Waals surface area contributed by atoms with E-state index in [9.17, 15) is 0 Å². The van der Waals surface area contributed by atoms with Crippen LogP contribution in [-0.2, 0) is 0 Å². The van der Waals surface area contributed by atoms with Crippen LogP contribution in [0.5, 0.6) is 0 Å². The molecule has 6 nitrogen and oxygen atoms in total. The first-order chi connectivity index (χ1) is 6.29. The Bertz CT molecular complexity index is 97.4. The highest BCUT2D eigenvalue weighted by atomic mass is 16.6. The Labute approximate surface area is 100 Å². The highest BCUT2D eigenvalue weighted by Gasteiger charge is 1.57. The first-order valence-corrected chi connectivity index (χ1v) is 4.45. The van der Waals surface area contributed by atoms with Gasteiger partial charge in [-0.05, 0) is 0 Å². The van der Waals surface area contributed by atoms with E-state index in [2.05, 4.69) is 27.7 Å². The smallest absolute Gasteiger partial charge is 0.194 e. The normalized spacial score (nSPS) is 5.38. The van der Waals surface area contributed by atoms with Gasteiger partial charge in [-0.15, -0.1) is 0 Å². The molecule has 0 spiro atoms. The summed E-state index contributed by atoms with van der Waals surface area (Å²) in [7, 11) is 1.78. The van der Waals surface area contributed by atoms with E-state index in [4.69, 9.17) is 20.2 Å². The Kier molecular flexibility index (Phi) is 111. The quantitative estimate of drug-likeness (QED) is 0.476. The standard InChI is InChI=1S/2C3H8.2CH3NO2.2CH4/c2*1-3-2;2*1-2(3)4;;/h2*3H2,1-2H3;2*1H3;2*1H4. The highest BCUT2D eigenvalue weighted by molar-refractivity contribution is 3.92. The van der Waals surface area contributed by atoms with Crippen LogP contribution in [0.2, 0.25) is 0 Å². The zero-order valence-electron chi connectivity index (χ0n) is 9.94. The third-order valence-corrected chi connectivity index (χ3v) is 0. The molecule has 0 aliphatic rings. The average Bonchev–Trinajstić information content (AvgIpc) is 1.85. The average molecular weight is 242 g/mol. The van der Waals surface area contributed by atoms with Crippen LogP contribution in [-0.4, -0.2) is 23.9 Å². The third-order valence-electron chi connectivity index (χ3n) is 0. The SMILES string of the molecule is C.C.CCC.CCC.C[N+](=O)[O-].C[N+](=O)[O-]. The van der Waals surface area contributed by atoms with E-state index in [1.54, 1.807) is 0 Å². The summed E-state index contributed by atoms with van der Waals surface area (Å²) in [6, 6.07) is 0. The summed E-state index contributed by atoms with van der Waals surface area (Å²) < 4.78 is 0. The van der Waals surface area contributed by atoms with Crippen molar-refractivity contribution in [2.24, 2.45) is 0 Å². The minimum Gasteiger partial charge on any atom is -0.265 e. The monoisotopic (exact) mass is 242 g/mol. The first-order valence-electron chi connectivity index (χ1n) is 4.45. The van der Waals surface area contributed by atoms with E-state index in [1.807, 2.05) is 0 Å². The Morgan fingerprint density at radius 3 is 0.750 bits per heavy atom. The molecule has 0 atom stereocenters. The van der Waals surface area contributed by atoms with Crippen molar-refractivity contribution in [3.63, 3.8) is 0 Å². The predicted molar refractivity (Wildman–Crippen MR) is 71.2 cm³/mol. The molecule has 0 fully saturated rings. The summed E-state index contributed by atoms with van der Waals surface area (Å²) in [5.74, 6) is 0. The maximum Gasteiger partial charge on any atom is 0.194 e. The van der Waals surface area contributed by atoms with Crippen molar-refractivity contribution in [1.82, 2.24) is 0 Å². The van der Waals surface area contributed by atoms with Gasteiger partial charge in [0.25, 0.3) is 0 Å². The third kappa shape index (κ3) is 1240. The maximum atomic E-state index is 8.81. The summed E-state index contributed by atoms with van der Waals surface area (Å²) in [4.78, 5) is 16.6. The highest BCUT2D eigenvalue weighted by Crippen LogP contribution is 1.56. The van der Waals surface area contributed by atoms with Gasteiger partial charge in [0, 0.05) is 9.85 Å². The van der Waals surface area contributed by atoms with E-state index in [0.717, 1.165) is 14.1 Å². The topological polar surface area (TPSA) is 86.3 Å². The van der Waals surface area contributed by atoms with E-state index in [0.29, 0.717) is 0 Å². The molecular formula is C10H30N2O4. The van der Waals surface area contributed by atoms with Gasteiger partial charge >= 0.3 is 0 Å². The number of hydrogen-bond donors (Lipinski definition) is 0. The molecule has 0 unspecified atom stereocenters. The van der Waals surface area contributed by atoms with Gasteiger partial charge in [-0.25, -0.2) is 0 Å². The fraction of sp³-hybridized carbons (Fsp3) is 1.00. The fourth-order valence-electron chi connectivity index (χ4n) is 0. The Morgan fingerprint density at radius 1 is 0.750 bits per heavy atom. The summed E-state index contributed by atoms with van der Waals surface area (Å²) in [5, 5.41) is 17.6. The van der Waals surface area contributed by atoms with Crippen LogP contribution in [0.1, 0.15) is 55.4 Å². The Morgan fingerprint density at radius 2 is 0.750 bits per heavy atom. The zero-order valence-corrected chi connectivity index (χ0v) is 9.94. The molecule has 6 heteroatoms. The van der Waals surface area contributed by atoms with Crippen molar-refractivity contribution in [2.75, 3.05) is 14.1 Å². The lowest BCUT2D eigenvalue weighted by molar-refractivity contribution is -0.445. The van der Waals surface area contributed by atoms with Crippen LogP contribution in [0.25, 0.3) is 0 Å². The van der Waals surface area contributed by atoms with Gasteiger partial charge in [-0.3, -0.25) is 20.2 Å². The van der Waals surface area contributed by atoms with Gasteiger partial charge < -0.3 is 0 Å². The van der Waals surface area contributed by atoms with Crippen LogP contribution >= 0.6 is 0 Å². The van der Waals surface area contributed by atoms with E-state index in [-0.39, 0.29) is 14.9 Å². The molecule has 0 aromatic heterocycles. The Hall–Kier alpha value is -1.20. The summed E-state index contributed by atoms with van der Waals surface area (Å²) >= 11 is 0. The van der Waals surface area contributed by atoms with Gasteiger partial charge in [0.05, 0.1) is 0 Å². The van der Waals surface area contributed by atoms with E-state index in [1.165, 1.54) is 12.8 Å². The van der Waals surface area contributed by atoms with Gasteiger partial charge in [-0.1, -0.05) is 55.4 Å². The molecule has 16 heavy (non-hydrogen) atoms. The minimum atomic E-state index is -0.500. The second-order valence-corrected chi connectivity index (χ2v) is 2.29. The number of hydrogen-bond acceptors (Lipinski definition) is 4. The van der Waals surface area contributed by atoms with Gasteiger partial charge in [0.2, 0.25) is 0 Å². The molecule has 0 rings (SSSR count). The minimum absolute atomic E-state index is 0. The Balaban J connectivity index is -0.0000000202. The molecule has 0 saturated carbocycles. The predicted octanol–water partition coefficient (Wildman–Crippen LogP) is 3.89. The van der Waals surface area contributed by atoms with Gasteiger partial charge in [-0.2, -0.15) is 0 Å².